The maximum atomic E-state index is 5.78. The fourth-order valence-electron chi connectivity index (χ4n) is 3.97. The average Bonchev–Trinajstić information content (AvgIpc) is 3.00. The van der Waals surface area contributed by atoms with Gasteiger partial charge in [0.2, 0.25) is 0 Å². The Morgan fingerprint density at radius 3 is 2.18 bits per heavy atom. The predicted molar refractivity (Wildman–Crippen MR) is 94.2 cm³/mol. The van der Waals surface area contributed by atoms with Crippen LogP contribution in [0.4, 0.5) is 0 Å². The molecule has 132 valence electrons. The third-order valence-electron chi connectivity index (χ3n) is 5.18. The number of hydrogen-bond donors (Lipinski definition) is 0. The van der Waals surface area contributed by atoms with Crippen molar-refractivity contribution in [2.24, 2.45) is 0 Å². The van der Waals surface area contributed by atoms with Crippen molar-refractivity contribution in [1.82, 2.24) is 4.90 Å². The van der Waals surface area contributed by atoms with E-state index in [-0.39, 0.29) is 0 Å². The summed E-state index contributed by atoms with van der Waals surface area (Å²) in [6.45, 7) is 6.94. The maximum Gasteiger partial charge on any atom is 0.505 e. The standard InChI is InChI=1S/C17H37NO3Si/c1-6-8-9-10-11-14-18-15-12-13-16(18)17(7-2)22(19-3,20-4)21-5/h16-17H,6-15H2,1-5H3. The first-order valence-corrected chi connectivity index (χ1v) is 10.9. The molecule has 5 heteroatoms. The molecule has 0 N–H and O–H groups in total. The van der Waals surface area contributed by atoms with E-state index >= 15 is 0 Å². The molecule has 22 heavy (non-hydrogen) atoms. The van der Waals surface area contributed by atoms with Crippen LogP contribution >= 0.6 is 0 Å². The van der Waals surface area contributed by atoms with E-state index in [1.165, 1.54) is 58.0 Å². The summed E-state index contributed by atoms with van der Waals surface area (Å²) in [6, 6.07) is 0.558. The Morgan fingerprint density at radius 2 is 1.64 bits per heavy atom. The number of hydrogen-bond acceptors (Lipinski definition) is 4. The van der Waals surface area contributed by atoms with Crippen LogP contribution < -0.4 is 0 Å². The van der Waals surface area contributed by atoms with E-state index in [1.54, 1.807) is 21.3 Å². The molecule has 1 fully saturated rings. The minimum Gasteiger partial charge on any atom is -0.377 e. The number of rotatable bonds is 12. The van der Waals surface area contributed by atoms with E-state index in [2.05, 4.69) is 18.7 Å². The van der Waals surface area contributed by atoms with Gasteiger partial charge in [0.1, 0.15) is 0 Å². The molecule has 0 saturated carbocycles. The second-order valence-electron chi connectivity index (χ2n) is 6.39. The first-order valence-electron chi connectivity index (χ1n) is 9.08. The molecule has 0 aromatic rings. The quantitative estimate of drug-likeness (QED) is 0.398. The van der Waals surface area contributed by atoms with Crippen LogP contribution in [0.25, 0.3) is 0 Å². The zero-order valence-electron chi connectivity index (χ0n) is 15.4. The van der Waals surface area contributed by atoms with Gasteiger partial charge in [0.15, 0.2) is 0 Å². The molecule has 1 aliphatic heterocycles. The Kier molecular flexibility index (Phi) is 9.83. The molecule has 0 radical (unpaired) electrons. The SMILES string of the molecule is CCCCCCCN1CCCC1C(CC)[Si](OC)(OC)OC. The average molecular weight is 332 g/mol. The Labute approximate surface area is 138 Å². The van der Waals surface area contributed by atoms with Crippen LogP contribution in [0.1, 0.15) is 65.2 Å². The van der Waals surface area contributed by atoms with Crippen LogP contribution in [0.5, 0.6) is 0 Å². The van der Waals surface area contributed by atoms with Gasteiger partial charge >= 0.3 is 8.80 Å². The summed E-state index contributed by atoms with van der Waals surface area (Å²) in [6.07, 6.45) is 10.3. The summed E-state index contributed by atoms with van der Waals surface area (Å²) >= 11 is 0. The van der Waals surface area contributed by atoms with Gasteiger partial charge in [0, 0.05) is 32.9 Å². The molecule has 1 aliphatic rings. The van der Waals surface area contributed by atoms with Gasteiger partial charge in [-0.2, -0.15) is 0 Å². The molecule has 0 bridgehead atoms. The molecule has 0 aliphatic carbocycles. The van der Waals surface area contributed by atoms with E-state index in [4.69, 9.17) is 13.3 Å². The van der Waals surface area contributed by atoms with E-state index in [1.807, 2.05) is 0 Å². The lowest BCUT2D eigenvalue weighted by atomic mass is 10.1. The monoisotopic (exact) mass is 331 g/mol. The van der Waals surface area contributed by atoms with Gasteiger partial charge in [-0.25, -0.2) is 0 Å². The normalized spacial score (nSPS) is 21.4. The molecule has 4 nitrogen and oxygen atoms in total. The zero-order valence-corrected chi connectivity index (χ0v) is 16.4. The summed E-state index contributed by atoms with van der Waals surface area (Å²) in [7, 11) is 2.67. The molecule has 0 aromatic carbocycles. The van der Waals surface area contributed by atoms with Gasteiger partial charge < -0.3 is 18.2 Å². The van der Waals surface area contributed by atoms with Crippen LogP contribution in [-0.2, 0) is 13.3 Å². The van der Waals surface area contributed by atoms with Gasteiger partial charge in [-0.1, -0.05) is 39.5 Å². The lowest BCUT2D eigenvalue weighted by Gasteiger charge is -2.39. The van der Waals surface area contributed by atoms with Crippen molar-refractivity contribution in [3.8, 4) is 0 Å². The lowest BCUT2D eigenvalue weighted by molar-refractivity contribution is 0.0909. The second-order valence-corrected chi connectivity index (χ2v) is 9.56. The highest BCUT2D eigenvalue weighted by molar-refractivity contribution is 6.62. The van der Waals surface area contributed by atoms with Gasteiger partial charge in [0.25, 0.3) is 0 Å². The molecule has 0 amide bonds. The van der Waals surface area contributed by atoms with Crippen LogP contribution in [0.2, 0.25) is 5.54 Å². The second kappa shape index (κ2) is 10.8. The van der Waals surface area contributed by atoms with E-state index in [0.717, 1.165) is 6.42 Å². The first-order chi connectivity index (χ1) is 10.7. The van der Waals surface area contributed by atoms with Crippen molar-refractivity contribution >= 4 is 8.80 Å². The highest BCUT2D eigenvalue weighted by Crippen LogP contribution is 2.38. The maximum absolute atomic E-state index is 5.78. The molecule has 0 aromatic heterocycles. The largest absolute Gasteiger partial charge is 0.505 e. The molecule has 1 saturated heterocycles. The Balaban J connectivity index is 2.61. The molecular weight excluding hydrogens is 294 g/mol. The van der Waals surface area contributed by atoms with Gasteiger partial charge in [-0.15, -0.1) is 0 Å². The Hall–Kier alpha value is 0.0569. The number of likely N-dealkylation sites (tertiary alicyclic amines) is 1. The Morgan fingerprint density at radius 1 is 1.00 bits per heavy atom. The number of unbranched alkanes of at least 4 members (excludes halogenated alkanes) is 4. The third kappa shape index (κ3) is 5.03. The summed E-state index contributed by atoms with van der Waals surface area (Å²) < 4.78 is 17.3. The summed E-state index contributed by atoms with van der Waals surface area (Å²) in [4.78, 5) is 2.67. The minimum absolute atomic E-state index is 0.380. The lowest BCUT2D eigenvalue weighted by Crippen LogP contribution is -2.54. The zero-order chi connectivity index (χ0) is 16.4. The summed E-state index contributed by atoms with van der Waals surface area (Å²) in [5.74, 6) is 0. The smallest absolute Gasteiger partial charge is 0.377 e. The fourth-order valence-corrected chi connectivity index (χ4v) is 6.72. The number of nitrogens with zero attached hydrogens (tertiary/aromatic N) is 1. The van der Waals surface area contributed by atoms with E-state index < -0.39 is 8.80 Å². The minimum atomic E-state index is -2.56. The molecule has 0 spiro atoms. The molecule has 2 unspecified atom stereocenters. The molecule has 1 rings (SSSR count). The molecule has 1 heterocycles. The molecule has 2 atom stereocenters. The van der Waals surface area contributed by atoms with Crippen molar-refractivity contribution in [2.75, 3.05) is 34.4 Å². The third-order valence-corrected chi connectivity index (χ3v) is 8.58. The fraction of sp³-hybridized carbons (Fsp3) is 1.00. The van der Waals surface area contributed by atoms with Crippen molar-refractivity contribution < 1.29 is 13.3 Å². The van der Waals surface area contributed by atoms with Crippen LogP contribution in [0.15, 0.2) is 0 Å². The van der Waals surface area contributed by atoms with Crippen LogP contribution in [0.3, 0.4) is 0 Å². The highest BCUT2D eigenvalue weighted by Gasteiger charge is 2.51. The summed E-state index contributed by atoms with van der Waals surface area (Å²) in [5.41, 5.74) is 0.380. The van der Waals surface area contributed by atoms with Crippen molar-refractivity contribution in [2.45, 2.75) is 76.8 Å². The topological polar surface area (TPSA) is 30.9 Å². The van der Waals surface area contributed by atoms with Crippen molar-refractivity contribution in [1.29, 1.82) is 0 Å². The van der Waals surface area contributed by atoms with E-state index in [9.17, 15) is 0 Å². The summed E-state index contributed by atoms with van der Waals surface area (Å²) in [5, 5.41) is 0. The van der Waals surface area contributed by atoms with Crippen LogP contribution in [-0.4, -0.2) is 54.2 Å². The first kappa shape index (κ1) is 20.1. The van der Waals surface area contributed by atoms with E-state index in [0.29, 0.717) is 11.6 Å². The van der Waals surface area contributed by atoms with Gasteiger partial charge in [-0.05, 0) is 38.8 Å². The van der Waals surface area contributed by atoms with Crippen molar-refractivity contribution in [3.05, 3.63) is 0 Å². The van der Waals surface area contributed by atoms with Crippen LogP contribution in [0, 0.1) is 0 Å². The molecular formula is C17H37NO3Si. The van der Waals surface area contributed by atoms with Crippen molar-refractivity contribution in [3.63, 3.8) is 0 Å². The van der Waals surface area contributed by atoms with Gasteiger partial charge in [0.05, 0.1) is 0 Å². The highest BCUT2D eigenvalue weighted by atomic mass is 28.4. The van der Waals surface area contributed by atoms with Gasteiger partial charge in [-0.3, -0.25) is 0 Å². The predicted octanol–water partition coefficient (Wildman–Crippen LogP) is 4.08. The Bertz CT molecular complexity index is 279.